The third-order valence-corrected chi connectivity index (χ3v) is 5.06. The second-order valence-corrected chi connectivity index (χ2v) is 7.15. The van der Waals surface area contributed by atoms with E-state index in [9.17, 15) is 9.18 Å². The highest BCUT2D eigenvalue weighted by Gasteiger charge is 2.27. The van der Waals surface area contributed by atoms with Gasteiger partial charge in [-0.2, -0.15) is 5.10 Å². The number of nitrogens with one attached hydrogen (secondary N) is 1. The predicted octanol–water partition coefficient (Wildman–Crippen LogP) is 4.10. The minimum absolute atomic E-state index is 0.0777. The number of amides is 1. The number of benzene rings is 2. The Labute approximate surface area is 163 Å². The van der Waals surface area contributed by atoms with E-state index < -0.39 is 0 Å². The van der Waals surface area contributed by atoms with Gasteiger partial charge in [0.05, 0.1) is 17.9 Å². The number of likely N-dealkylation sites (tertiary alicyclic amines) is 1. The van der Waals surface area contributed by atoms with Crippen molar-refractivity contribution in [2.45, 2.75) is 25.8 Å². The molecule has 28 heavy (non-hydrogen) atoms. The monoisotopic (exact) mass is 378 g/mol. The number of hydrogen-bond donors (Lipinski definition) is 1. The lowest BCUT2D eigenvalue weighted by atomic mass is 10.0. The van der Waals surface area contributed by atoms with Crippen molar-refractivity contribution in [1.29, 1.82) is 0 Å². The third-order valence-electron chi connectivity index (χ3n) is 5.06. The van der Waals surface area contributed by atoms with Crippen molar-refractivity contribution >= 4 is 11.7 Å². The van der Waals surface area contributed by atoms with Gasteiger partial charge in [-0.05, 0) is 56.1 Å². The van der Waals surface area contributed by atoms with Crippen molar-refractivity contribution in [3.05, 3.63) is 77.7 Å². The lowest BCUT2D eigenvalue weighted by Gasteiger charge is -2.24. The molecule has 1 aliphatic rings. The first kappa shape index (κ1) is 18.4. The van der Waals surface area contributed by atoms with Gasteiger partial charge in [-0.15, -0.1) is 0 Å². The molecule has 4 rings (SSSR count). The highest BCUT2D eigenvalue weighted by molar-refractivity contribution is 5.91. The predicted molar refractivity (Wildman–Crippen MR) is 107 cm³/mol. The van der Waals surface area contributed by atoms with Gasteiger partial charge in [-0.1, -0.05) is 30.3 Å². The zero-order valence-electron chi connectivity index (χ0n) is 15.8. The van der Waals surface area contributed by atoms with E-state index in [1.807, 2.05) is 31.2 Å². The fourth-order valence-corrected chi connectivity index (χ4v) is 3.80. The van der Waals surface area contributed by atoms with Crippen molar-refractivity contribution in [1.82, 2.24) is 14.7 Å². The van der Waals surface area contributed by atoms with Crippen LogP contribution in [0.3, 0.4) is 0 Å². The third kappa shape index (κ3) is 3.97. The summed E-state index contributed by atoms with van der Waals surface area (Å²) in [7, 11) is 0. The fraction of sp³-hybridized carbons (Fsp3) is 0.273. The number of anilines is 1. The van der Waals surface area contributed by atoms with E-state index >= 15 is 0 Å². The number of carbonyl (C=O) groups excluding carboxylic acids is 1. The molecule has 0 aliphatic carbocycles. The van der Waals surface area contributed by atoms with Crippen molar-refractivity contribution in [3.63, 3.8) is 0 Å². The average molecular weight is 378 g/mol. The van der Waals surface area contributed by atoms with Gasteiger partial charge in [0.25, 0.3) is 0 Å². The lowest BCUT2D eigenvalue weighted by molar-refractivity contribution is -0.117. The molecular weight excluding hydrogens is 355 g/mol. The maximum absolute atomic E-state index is 13.2. The molecule has 1 saturated heterocycles. The quantitative estimate of drug-likeness (QED) is 0.727. The zero-order valence-corrected chi connectivity index (χ0v) is 15.8. The molecule has 1 atom stereocenters. The summed E-state index contributed by atoms with van der Waals surface area (Å²) >= 11 is 0. The van der Waals surface area contributed by atoms with E-state index in [1.54, 1.807) is 16.8 Å². The molecule has 2 aromatic carbocycles. The molecule has 6 heteroatoms. The Morgan fingerprint density at radius 3 is 2.68 bits per heavy atom. The number of aromatic nitrogens is 2. The van der Waals surface area contributed by atoms with Crippen LogP contribution in [0, 0.1) is 12.7 Å². The van der Waals surface area contributed by atoms with Crippen molar-refractivity contribution < 1.29 is 9.18 Å². The highest BCUT2D eigenvalue weighted by Crippen LogP contribution is 2.31. The molecule has 1 aliphatic heterocycles. The molecule has 144 valence electrons. The van der Waals surface area contributed by atoms with E-state index in [-0.39, 0.29) is 17.8 Å². The minimum atomic E-state index is -0.306. The number of rotatable bonds is 5. The average Bonchev–Trinajstić information content (AvgIpc) is 3.29. The molecule has 1 N–H and O–H groups in total. The minimum Gasteiger partial charge on any atom is -0.309 e. The number of nitrogens with zero attached hydrogens (tertiary/aromatic N) is 3. The van der Waals surface area contributed by atoms with E-state index in [2.05, 4.69) is 27.4 Å². The summed E-state index contributed by atoms with van der Waals surface area (Å²) < 4.78 is 14.8. The molecule has 1 fully saturated rings. The molecule has 0 saturated carbocycles. The summed E-state index contributed by atoms with van der Waals surface area (Å²) in [5.41, 5.74) is 2.73. The Morgan fingerprint density at radius 2 is 1.93 bits per heavy atom. The normalized spacial score (nSPS) is 17.0. The summed E-state index contributed by atoms with van der Waals surface area (Å²) in [5, 5.41) is 7.39. The van der Waals surface area contributed by atoms with Gasteiger partial charge in [0.1, 0.15) is 11.6 Å². The van der Waals surface area contributed by atoms with Crippen LogP contribution in [-0.4, -0.2) is 33.7 Å². The van der Waals surface area contributed by atoms with Gasteiger partial charge in [-0.3, -0.25) is 9.69 Å². The molecule has 0 spiro atoms. The van der Waals surface area contributed by atoms with Gasteiger partial charge >= 0.3 is 0 Å². The van der Waals surface area contributed by atoms with E-state index in [4.69, 9.17) is 0 Å². The molecule has 1 amide bonds. The van der Waals surface area contributed by atoms with Crippen LogP contribution in [0.25, 0.3) is 5.69 Å². The van der Waals surface area contributed by atoms with Gasteiger partial charge in [-0.25, -0.2) is 9.07 Å². The number of aryl methyl sites for hydroxylation is 1. The van der Waals surface area contributed by atoms with Gasteiger partial charge in [0.2, 0.25) is 5.91 Å². The molecule has 0 unspecified atom stereocenters. The van der Waals surface area contributed by atoms with E-state index in [1.165, 1.54) is 17.7 Å². The smallest absolute Gasteiger partial charge is 0.239 e. The fourth-order valence-electron chi connectivity index (χ4n) is 3.80. The van der Waals surface area contributed by atoms with Gasteiger partial charge in [0.15, 0.2) is 0 Å². The van der Waals surface area contributed by atoms with Crippen LogP contribution < -0.4 is 5.32 Å². The van der Waals surface area contributed by atoms with Crippen LogP contribution in [-0.2, 0) is 4.79 Å². The summed E-state index contributed by atoms with van der Waals surface area (Å²) in [5.74, 6) is 0.204. The van der Waals surface area contributed by atoms with Gasteiger partial charge < -0.3 is 5.32 Å². The Hall–Kier alpha value is -2.99. The van der Waals surface area contributed by atoms with Crippen LogP contribution in [0.15, 0.2) is 60.7 Å². The van der Waals surface area contributed by atoms with Crippen LogP contribution in [0.1, 0.15) is 30.1 Å². The Bertz CT molecular complexity index is 952. The van der Waals surface area contributed by atoms with Crippen LogP contribution in [0.5, 0.6) is 0 Å². The summed E-state index contributed by atoms with van der Waals surface area (Å²) in [6.45, 7) is 3.10. The van der Waals surface area contributed by atoms with Crippen molar-refractivity contribution in [2.75, 3.05) is 18.4 Å². The van der Waals surface area contributed by atoms with E-state index in [0.717, 1.165) is 25.1 Å². The Morgan fingerprint density at radius 1 is 1.18 bits per heavy atom. The molecule has 1 aromatic heterocycles. The number of hydrogen-bond acceptors (Lipinski definition) is 3. The van der Waals surface area contributed by atoms with Crippen LogP contribution in [0.4, 0.5) is 10.2 Å². The number of halogens is 1. The molecule has 3 aromatic rings. The molecule has 0 radical (unpaired) electrons. The van der Waals surface area contributed by atoms with Crippen LogP contribution in [0.2, 0.25) is 0 Å². The largest absolute Gasteiger partial charge is 0.309 e. The summed E-state index contributed by atoms with van der Waals surface area (Å²) in [6.07, 6.45) is 2.14. The molecule has 2 heterocycles. The van der Waals surface area contributed by atoms with Crippen molar-refractivity contribution in [2.24, 2.45) is 0 Å². The summed E-state index contributed by atoms with van der Waals surface area (Å²) in [4.78, 5) is 15.0. The molecule has 0 bridgehead atoms. The molecular formula is C22H23FN4O. The maximum Gasteiger partial charge on any atom is 0.239 e. The Kier molecular flexibility index (Phi) is 5.21. The first-order valence-electron chi connectivity index (χ1n) is 9.51. The first-order chi connectivity index (χ1) is 13.6. The number of carbonyl (C=O) groups is 1. The lowest BCUT2D eigenvalue weighted by Crippen LogP contribution is -2.33. The zero-order chi connectivity index (χ0) is 19.5. The standard InChI is InChI=1S/C22H23FN4O/c1-16-14-21(27(25-16)19-11-9-18(23)10-12-19)24-22(28)15-26-13-5-8-20(26)17-6-3-2-4-7-17/h2-4,6-7,9-12,14,20H,5,8,13,15H2,1H3,(H,24,28)/t20-/m0/s1. The second kappa shape index (κ2) is 7.94. The first-order valence-corrected chi connectivity index (χ1v) is 9.51. The van der Waals surface area contributed by atoms with Crippen molar-refractivity contribution in [3.8, 4) is 5.69 Å². The van der Waals surface area contributed by atoms with Crippen LogP contribution >= 0.6 is 0 Å². The van der Waals surface area contributed by atoms with Gasteiger partial charge in [0, 0.05) is 12.1 Å². The Balaban J connectivity index is 1.48. The highest BCUT2D eigenvalue weighted by atomic mass is 19.1. The SMILES string of the molecule is Cc1cc(NC(=O)CN2CCC[C@H]2c2ccccc2)n(-c2ccc(F)cc2)n1. The second-order valence-electron chi connectivity index (χ2n) is 7.15. The van der Waals surface area contributed by atoms with E-state index in [0.29, 0.717) is 18.1 Å². The molecule has 5 nitrogen and oxygen atoms in total. The summed E-state index contributed by atoms with van der Waals surface area (Å²) in [6, 6.07) is 18.5. The maximum atomic E-state index is 13.2. The topological polar surface area (TPSA) is 50.2 Å².